The van der Waals surface area contributed by atoms with Crippen LogP contribution in [0, 0.1) is 0 Å². The summed E-state index contributed by atoms with van der Waals surface area (Å²) in [5.74, 6) is -0.879. The van der Waals surface area contributed by atoms with E-state index >= 15 is 0 Å². The number of carboxylic acid groups (broad SMARTS) is 1. The third-order valence-corrected chi connectivity index (χ3v) is 3.43. The van der Waals surface area contributed by atoms with E-state index in [2.05, 4.69) is 21.2 Å². The Bertz CT molecular complexity index is 748. The topological polar surface area (TPSA) is 87.7 Å². The van der Waals surface area contributed by atoms with Gasteiger partial charge in [0.1, 0.15) is 18.1 Å². The van der Waals surface area contributed by atoms with E-state index in [4.69, 9.17) is 9.47 Å². The number of amides is 1. The molecule has 0 radical (unpaired) electrons. The van der Waals surface area contributed by atoms with E-state index in [-0.39, 0.29) is 5.91 Å². The van der Waals surface area contributed by atoms with Crippen LogP contribution < -0.4 is 19.9 Å². The Labute approximate surface area is 147 Å². The highest BCUT2D eigenvalue weighted by molar-refractivity contribution is 9.10. The average molecular weight is 393 g/mol. The zero-order valence-electron chi connectivity index (χ0n) is 12.9. The van der Waals surface area contributed by atoms with Crippen molar-refractivity contribution >= 4 is 33.5 Å². The number of rotatable bonds is 7. The number of aliphatic carboxylic acids is 1. The first-order valence-electron chi connectivity index (χ1n) is 7.16. The molecule has 7 heteroatoms. The van der Waals surface area contributed by atoms with Gasteiger partial charge in [0.05, 0.1) is 18.1 Å². The molecule has 2 aromatic rings. The second-order valence-corrected chi connectivity index (χ2v) is 5.63. The van der Waals surface area contributed by atoms with E-state index < -0.39 is 12.6 Å². The molecule has 0 saturated carbocycles. The van der Waals surface area contributed by atoms with Crippen LogP contribution in [0.15, 0.2) is 46.9 Å². The first-order chi connectivity index (χ1) is 11.5. The van der Waals surface area contributed by atoms with E-state index in [0.29, 0.717) is 29.4 Å². The smallest absolute Gasteiger partial charge is 0.259 e. The first-order valence-corrected chi connectivity index (χ1v) is 7.95. The van der Waals surface area contributed by atoms with Gasteiger partial charge in [-0.25, -0.2) is 0 Å². The molecule has 0 atom stereocenters. The molecule has 126 valence electrons. The predicted octanol–water partition coefficient (Wildman–Crippen LogP) is 2.23. The maximum absolute atomic E-state index is 12.5. The average Bonchev–Trinajstić information content (AvgIpc) is 2.55. The summed E-state index contributed by atoms with van der Waals surface area (Å²) in [5, 5.41) is 13.2. The monoisotopic (exact) mass is 392 g/mol. The molecule has 0 saturated heterocycles. The molecule has 0 bridgehead atoms. The fourth-order valence-corrected chi connectivity index (χ4v) is 2.33. The molecule has 24 heavy (non-hydrogen) atoms. The third kappa shape index (κ3) is 4.99. The summed E-state index contributed by atoms with van der Waals surface area (Å²) in [6, 6.07) is 11.6. The molecule has 6 nitrogen and oxygen atoms in total. The summed E-state index contributed by atoms with van der Waals surface area (Å²) < 4.78 is 11.2. The molecule has 1 N–H and O–H groups in total. The number of ether oxygens (including phenoxy) is 2. The van der Waals surface area contributed by atoms with Crippen LogP contribution in [0.3, 0.4) is 0 Å². The highest BCUT2D eigenvalue weighted by Gasteiger charge is 2.14. The highest BCUT2D eigenvalue weighted by Crippen LogP contribution is 2.25. The minimum absolute atomic E-state index is 0.316. The fourth-order valence-electron chi connectivity index (χ4n) is 1.97. The number of carbonyl (C=O) groups is 2. The van der Waals surface area contributed by atoms with E-state index in [1.165, 1.54) is 6.07 Å². The van der Waals surface area contributed by atoms with Gasteiger partial charge in [0, 0.05) is 16.2 Å². The first kappa shape index (κ1) is 17.8. The van der Waals surface area contributed by atoms with Crippen LogP contribution in [0.1, 0.15) is 17.3 Å². The predicted molar refractivity (Wildman–Crippen MR) is 90.2 cm³/mol. The van der Waals surface area contributed by atoms with Crippen molar-refractivity contribution in [3.63, 3.8) is 0 Å². The third-order valence-electron chi connectivity index (χ3n) is 2.93. The van der Waals surface area contributed by atoms with Crippen molar-refractivity contribution in [1.82, 2.24) is 0 Å². The van der Waals surface area contributed by atoms with Gasteiger partial charge in [0.15, 0.2) is 0 Å². The van der Waals surface area contributed by atoms with E-state index in [0.717, 1.165) is 4.47 Å². The van der Waals surface area contributed by atoms with Crippen LogP contribution in [0.4, 0.5) is 5.69 Å². The van der Waals surface area contributed by atoms with Gasteiger partial charge < -0.3 is 24.7 Å². The Kier molecular flexibility index (Phi) is 6.20. The second-order valence-electron chi connectivity index (χ2n) is 4.72. The van der Waals surface area contributed by atoms with E-state index in [9.17, 15) is 14.7 Å². The molecule has 1 amide bonds. The quantitative estimate of drug-likeness (QED) is 0.780. The maximum Gasteiger partial charge on any atom is 0.259 e. The van der Waals surface area contributed by atoms with Crippen LogP contribution in [0.5, 0.6) is 11.5 Å². The van der Waals surface area contributed by atoms with Crippen molar-refractivity contribution in [1.29, 1.82) is 0 Å². The lowest BCUT2D eigenvalue weighted by Crippen LogP contribution is -2.28. The van der Waals surface area contributed by atoms with Crippen molar-refractivity contribution in [2.45, 2.75) is 6.92 Å². The number of benzene rings is 2. The van der Waals surface area contributed by atoms with E-state index in [1.807, 2.05) is 6.92 Å². The van der Waals surface area contributed by atoms with Gasteiger partial charge in [-0.05, 0) is 37.3 Å². The van der Waals surface area contributed by atoms with Crippen LogP contribution >= 0.6 is 15.9 Å². The van der Waals surface area contributed by atoms with Crippen molar-refractivity contribution in [3.8, 4) is 11.5 Å². The summed E-state index contributed by atoms with van der Waals surface area (Å²) in [6.45, 7) is 1.72. The SMILES string of the molecule is CCOc1ccc(Br)cc1C(=O)Nc1cccc(OCC(=O)[O-])c1. The van der Waals surface area contributed by atoms with Crippen LogP contribution in [-0.2, 0) is 4.79 Å². The number of hydrogen-bond acceptors (Lipinski definition) is 5. The number of carboxylic acids is 1. The lowest BCUT2D eigenvalue weighted by atomic mass is 10.2. The number of halogens is 1. The van der Waals surface area contributed by atoms with Gasteiger partial charge in [-0.1, -0.05) is 22.0 Å². The van der Waals surface area contributed by atoms with Crippen molar-refractivity contribution in [2.24, 2.45) is 0 Å². The van der Waals surface area contributed by atoms with Gasteiger partial charge in [-0.3, -0.25) is 4.79 Å². The largest absolute Gasteiger partial charge is 0.546 e. The maximum atomic E-state index is 12.5. The summed E-state index contributed by atoms with van der Waals surface area (Å²) in [5.41, 5.74) is 0.852. The Morgan fingerprint density at radius 3 is 2.67 bits per heavy atom. The minimum atomic E-state index is -1.32. The number of nitrogens with one attached hydrogen (secondary N) is 1. The zero-order valence-corrected chi connectivity index (χ0v) is 14.5. The molecule has 0 aliphatic carbocycles. The molecule has 0 unspecified atom stereocenters. The normalized spacial score (nSPS) is 10.1. The molecule has 2 aromatic carbocycles. The van der Waals surface area contributed by atoms with Gasteiger partial charge in [0.2, 0.25) is 0 Å². The highest BCUT2D eigenvalue weighted by atomic mass is 79.9. The van der Waals surface area contributed by atoms with Crippen molar-refractivity contribution in [3.05, 3.63) is 52.5 Å². The fraction of sp³-hybridized carbons (Fsp3) is 0.176. The van der Waals surface area contributed by atoms with Gasteiger partial charge >= 0.3 is 0 Å². The second kappa shape index (κ2) is 8.35. The molecule has 0 fully saturated rings. The lowest BCUT2D eigenvalue weighted by Gasteiger charge is -2.12. The van der Waals surface area contributed by atoms with E-state index in [1.54, 1.807) is 36.4 Å². The van der Waals surface area contributed by atoms with Crippen LogP contribution in [0.25, 0.3) is 0 Å². The summed E-state index contributed by atoms with van der Waals surface area (Å²) in [4.78, 5) is 22.9. The lowest BCUT2D eigenvalue weighted by molar-refractivity contribution is -0.307. The number of anilines is 1. The number of hydrogen-bond donors (Lipinski definition) is 1. The van der Waals surface area contributed by atoms with Crippen LogP contribution in [0.2, 0.25) is 0 Å². The molecule has 2 rings (SSSR count). The molecular weight excluding hydrogens is 378 g/mol. The molecule has 0 aromatic heterocycles. The Balaban J connectivity index is 2.16. The number of carbonyl (C=O) groups excluding carboxylic acids is 2. The molecule has 0 aliphatic heterocycles. The standard InChI is InChI=1S/C17H16BrNO5/c1-2-23-15-7-6-11(18)8-14(15)17(22)19-12-4-3-5-13(9-12)24-10-16(20)21/h3-9H,2,10H2,1H3,(H,19,22)(H,20,21)/p-1. The molecule has 0 spiro atoms. The molecule has 0 aliphatic rings. The van der Waals surface area contributed by atoms with Crippen molar-refractivity contribution in [2.75, 3.05) is 18.5 Å². The Morgan fingerprint density at radius 1 is 1.17 bits per heavy atom. The minimum Gasteiger partial charge on any atom is -0.546 e. The Hall–Kier alpha value is -2.54. The summed E-state index contributed by atoms with van der Waals surface area (Å²) >= 11 is 3.33. The summed E-state index contributed by atoms with van der Waals surface area (Å²) in [6.07, 6.45) is 0. The van der Waals surface area contributed by atoms with Crippen LogP contribution in [-0.4, -0.2) is 25.1 Å². The summed E-state index contributed by atoms with van der Waals surface area (Å²) in [7, 11) is 0. The van der Waals surface area contributed by atoms with Gasteiger partial charge in [-0.2, -0.15) is 0 Å². The van der Waals surface area contributed by atoms with Crippen molar-refractivity contribution < 1.29 is 24.2 Å². The molecular formula is C17H15BrNO5-. The Morgan fingerprint density at radius 2 is 1.96 bits per heavy atom. The van der Waals surface area contributed by atoms with Gasteiger partial charge in [-0.15, -0.1) is 0 Å². The molecule has 0 heterocycles. The van der Waals surface area contributed by atoms with Gasteiger partial charge in [0.25, 0.3) is 5.91 Å². The zero-order chi connectivity index (χ0) is 17.5.